The SMILES string of the molecule is Cc1cn(C(C)C)c(CN)c(C)c1=O. The van der Waals surface area contributed by atoms with Crippen LogP contribution >= 0.6 is 0 Å². The summed E-state index contributed by atoms with van der Waals surface area (Å²) in [5.41, 5.74) is 8.27. The number of hydrogen-bond donors (Lipinski definition) is 1. The molecule has 1 aromatic rings. The average Bonchev–Trinajstić information content (AvgIpc) is 2.13. The van der Waals surface area contributed by atoms with Gasteiger partial charge in [0.05, 0.1) is 0 Å². The van der Waals surface area contributed by atoms with E-state index < -0.39 is 0 Å². The summed E-state index contributed by atoms with van der Waals surface area (Å²) in [6, 6.07) is 0.339. The summed E-state index contributed by atoms with van der Waals surface area (Å²) in [5.74, 6) is 0. The molecule has 0 saturated carbocycles. The van der Waals surface area contributed by atoms with E-state index in [1.54, 1.807) is 0 Å². The van der Waals surface area contributed by atoms with Crippen molar-refractivity contribution in [1.29, 1.82) is 0 Å². The second-order valence-electron chi connectivity index (χ2n) is 3.92. The average molecular weight is 194 g/mol. The van der Waals surface area contributed by atoms with Crippen molar-refractivity contribution in [3.63, 3.8) is 0 Å². The summed E-state index contributed by atoms with van der Waals surface area (Å²) in [4.78, 5) is 11.7. The van der Waals surface area contributed by atoms with Gasteiger partial charge in [0.2, 0.25) is 0 Å². The molecule has 78 valence electrons. The molecule has 0 radical (unpaired) electrons. The van der Waals surface area contributed by atoms with Crippen LogP contribution in [0.25, 0.3) is 0 Å². The van der Waals surface area contributed by atoms with Gasteiger partial charge in [-0.3, -0.25) is 4.79 Å². The van der Waals surface area contributed by atoms with Gasteiger partial charge in [0.15, 0.2) is 5.43 Å². The van der Waals surface area contributed by atoms with Gasteiger partial charge in [0.1, 0.15) is 0 Å². The number of nitrogens with two attached hydrogens (primary N) is 1. The first-order valence-corrected chi connectivity index (χ1v) is 4.90. The lowest BCUT2D eigenvalue weighted by atomic mass is 10.1. The Morgan fingerprint density at radius 1 is 1.43 bits per heavy atom. The van der Waals surface area contributed by atoms with Crippen molar-refractivity contribution >= 4 is 0 Å². The second-order valence-corrected chi connectivity index (χ2v) is 3.92. The van der Waals surface area contributed by atoms with E-state index in [1.165, 1.54) is 0 Å². The highest BCUT2D eigenvalue weighted by atomic mass is 16.1. The highest BCUT2D eigenvalue weighted by molar-refractivity contribution is 5.25. The molecule has 0 unspecified atom stereocenters. The number of hydrogen-bond acceptors (Lipinski definition) is 2. The molecule has 0 aliphatic rings. The number of rotatable bonds is 2. The first-order valence-electron chi connectivity index (χ1n) is 4.90. The van der Waals surface area contributed by atoms with E-state index in [2.05, 4.69) is 18.4 Å². The lowest BCUT2D eigenvalue weighted by Gasteiger charge is -2.19. The summed E-state index contributed by atoms with van der Waals surface area (Å²) in [6.45, 7) is 8.27. The quantitative estimate of drug-likeness (QED) is 0.775. The highest BCUT2D eigenvalue weighted by Gasteiger charge is 2.10. The molecule has 0 bridgehead atoms. The zero-order valence-corrected chi connectivity index (χ0v) is 9.29. The molecule has 0 aliphatic heterocycles. The predicted molar refractivity (Wildman–Crippen MR) is 58.5 cm³/mol. The molecule has 14 heavy (non-hydrogen) atoms. The van der Waals surface area contributed by atoms with Crippen molar-refractivity contribution in [3.05, 3.63) is 33.2 Å². The van der Waals surface area contributed by atoms with Crippen molar-refractivity contribution < 1.29 is 0 Å². The van der Waals surface area contributed by atoms with Crippen LogP contribution in [-0.4, -0.2) is 4.57 Å². The Morgan fingerprint density at radius 3 is 2.43 bits per heavy atom. The van der Waals surface area contributed by atoms with E-state index in [0.29, 0.717) is 12.6 Å². The van der Waals surface area contributed by atoms with Gasteiger partial charge in [-0.25, -0.2) is 0 Å². The van der Waals surface area contributed by atoms with Gasteiger partial charge in [-0.1, -0.05) is 0 Å². The number of pyridine rings is 1. The van der Waals surface area contributed by atoms with Gasteiger partial charge >= 0.3 is 0 Å². The fourth-order valence-corrected chi connectivity index (χ4v) is 1.68. The molecule has 3 heteroatoms. The molecular weight excluding hydrogens is 176 g/mol. The first-order chi connectivity index (χ1) is 6.49. The standard InChI is InChI=1S/C11H18N2O/c1-7(2)13-6-8(3)11(14)9(4)10(13)5-12/h6-7H,5,12H2,1-4H3. The normalized spacial score (nSPS) is 11.0. The van der Waals surface area contributed by atoms with E-state index in [-0.39, 0.29) is 5.43 Å². The molecule has 3 nitrogen and oxygen atoms in total. The summed E-state index contributed by atoms with van der Waals surface area (Å²) in [6.07, 6.45) is 1.89. The minimum absolute atomic E-state index is 0.113. The maximum Gasteiger partial charge on any atom is 0.187 e. The Bertz CT molecular complexity index is 391. The molecule has 0 fully saturated rings. The topological polar surface area (TPSA) is 48.0 Å². The Labute approximate surface area is 84.6 Å². The van der Waals surface area contributed by atoms with Crippen molar-refractivity contribution in [3.8, 4) is 0 Å². The fourth-order valence-electron chi connectivity index (χ4n) is 1.68. The van der Waals surface area contributed by atoms with Crippen molar-refractivity contribution in [2.45, 2.75) is 40.3 Å². The van der Waals surface area contributed by atoms with Crippen LogP contribution in [0.15, 0.2) is 11.0 Å². The van der Waals surface area contributed by atoms with Gasteiger partial charge in [-0.15, -0.1) is 0 Å². The predicted octanol–water partition coefficient (Wildman–Crippen LogP) is 1.50. The van der Waals surface area contributed by atoms with Crippen LogP contribution in [0.1, 0.15) is 36.7 Å². The van der Waals surface area contributed by atoms with E-state index in [4.69, 9.17) is 5.73 Å². The minimum Gasteiger partial charge on any atom is -0.347 e. The third kappa shape index (κ3) is 1.73. The van der Waals surface area contributed by atoms with Crippen LogP contribution in [-0.2, 0) is 6.54 Å². The molecule has 1 heterocycles. The van der Waals surface area contributed by atoms with Crippen LogP contribution in [0.2, 0.25) is 0 Å². The lowest BCUT2D eigenvalue weighted by Crippen LogP contribution is -2.22. The summed E-state index contributed by atoms with van der Waals surface area (Å²) in [5, 5.41) is 0. The molecule has 0 amide bonds. The van der Waals surface area contributed by atoms with Gasteiger partial charge < -0.3 is 10.3 Å². The molecule has 0 saturated heterocycles. The van der Waals surface area contributed by atoms with E-state index in [9.17, 15) is 4.79 Å². The van der Waals surface area contributed by atoms with E-state index >= 15 is 0 Å². The van der Waals surface area contributed by atoms with Crippen LogP contribution in [0, 0.1) is 13.8 Å². The Balaban J connectivity index is 3.52. The summed E-state index contributed by atoms with van der Waals surface area (Å²) >= 11 is 0. The number of aryl methyl sites for hydroxylation is 1. The van der Waals surface area contributed by atoms with E-state index in [1.807, 2.05) is 20.0 Å². The molecule has 1 rings (SSSR count). The molecule has 0 aromatic carbocycles. The Kier molecular flexibility index (Phi) is 3.11. The summed E-state index contributed by atoms with van der Waals surface area (Å²) in [7, 11) is 0. The van der Waals surface area contributed by atoms with Crippen LogP contribution in [0.3, 0.4) is 0 Å². The maximum atomic E-state index is 11.7. The van der Waals surface area contributed by atoms with Crippen LogP contribution in [0.5, 0.6) is 0 Å². The highest BCUT2D eigenvalue weighted by Crippen LogP contribution is 2.12. The number of aromatic nitrogens is 1. The molecule has 2 N–H and O–H groups in total. The Morgan fingerprint density at radius 2 is 2.00 bits per heavy atom. The molecule has 1 aromatic heterocycles. The van der Waals surface area contributed by atoms with Gasteiger partial charge in [0.25, 0.3) is 0 Å². The number of nitrogens with zero attached hydrogens (tertiary/aromatic N) is 1. The smallest absolute Gasteiger partial charge is 0.187 e. The van der Waals surface area contributed by atoms with Crippen molar-refractivity contribution in [1.82, 2.24) is 4.57 Å². The monoisotopic (exact) mass is 194 g/mol. The van der Waals surface area contributed by atoms with Gasteiger partial charge in [-0.05, 0) is 27.7 Å². The van der Waals surface area contributed by atoms with Crippen molar-refractivity contribution in [2.24, 2.45) is 5.73 Å². The molecule has 0 spiro atoms. The second kappa shape index (κ2) is 3.96. The molecule has 0 atom stereocenters. The van der Waals surface area contributed by atoms with E-state index in [0.717, 1.165) is 16.8 Å². The van der Waals surface area contributed by atoms with Crippen LogP contribution in [0.4, 0.5) is 0 Å². The maximum absolute atomic E-state index is 11.7. The third-order valence-corrected chi connectivity index (χ3v) is 2.53. The molecule has 0 aliphatic carbocycles. The lowest BCUT2D eigenvalue weighted by molar-refractivity contribution is 0.561. The zero-order chi connectivity index (χ0) is 10.9. The zero-order valence-electron chi connectivity index (χ0n) is 9.29. The van der Waals surface area contributed by atoms with Gasteiger partial charge in [-0.2, -0.15) is 0 Å². The fraction of sp³-hybridized carbons (Fsp3) is 0.545. The molecular formula is C11H18N2O. The third-order valence-electron chi connectivity index (χ3n) is 2.53. The van der Waals surface area contributed by atoms with Crippen molar-refractivity contribution in [2.75, 3.05) is 0 Å². The van der Waals surface area contributed by atoms with Gasteiger partial charge in [0, 0.05) is 35.6 Å². The minimum atomic E-state index is 0.113. The Hall–Kier alpha value is -1.09. The largest absolute Gasteiger partial charge is 0.347 e. The van der Waals surface area contributed by atoms with Crippen LogP contribution < -0.4 is 11.2 Å². The summed E-state index contributed by atoms with van der Waals surface area (Å²) < 4.78 is 2.08. The first kappa shape index (κ1) is 11.0.